The van der Waals surface area contributed by atoms with Crippen LogP contribution in [0.3, 0.4) is 0 Å². The van der Waals surface area contributed by atoms with Crippen LogP contribution in [-0.2, 0) is 18.3 Å². The number of rotatable bonds is 6. The van der Waals surface area contributed by atoms with Gasteiger partial charge in [0.15, 0.2) is 5.82 Å². The van der Waals surface area contributed by atoms with E-state index in [2.05, 4.69) is 10.2 Å². The molecule has 196 valence electrons. The number of hydrogen-bond donors (Lipinski definition) is 0. The largest absolute Gasteiger partial charge is 0.477 e. The average molecular weight is 522 g/mol. The van der Waals surface area contributed by atoms with Gasteiger partial charge in [-0.2, -0.15) is 15.2 Å². The molecule has 5 heterocycles. The highest BCUT2D eigenvalue weighted by Crippen LogP contribution is 2.30. The van der Waals surface area contributed by atoms with Gasteiger partial charge in [0.2, 0.25) is 5.88 Å². The molecule has 10 nitrogen and oxygen atoms in total. The third-order valence-electron chi connectivity index (χ3n) is 7.22. The smallest absolute Gasteiger partial charge is 0.262 e. The maximum atomic E-state index is 13.6. The molecule has 4 aromatic heterocycles. The lowest BCUT2D eigenvalue weighted by Crippen LogP contribution is -2.24. The molecule has 1 aliphatic rings. The minimum Gasteiger partial charge on any atom is -0.477 e. The molecule has 7 rings (SSSR count). The van der Waals surface area contributed by atoms with Crippen molar-refractivity contribution in [2.45, 2.75) is 19.9 Å². The molecule has 1 fully saturated rings. The van der Waals surface area contributed by atoms with E-state index >= 15 is 0 Å². The summed E-state index contributed by atoms with van der Waals surface area (Å²) in [7, 11) is 1.89. The SMILES string of the molecule is Cc1cc2n(Cc3nc(OCC4CCOC4)c4cc(-c5cnn(C)c5)ccc4n3)c(=O)c3ccccc3n2n1. The molecule has 1 aliphatic heterocycles. The fourth-order valence-electron chi connectivity index (χ4n) is 5.23. The van der Waals surface area contributed by atoms with Crippen molar-refractivity contribution in [1.82, 2.24) is 33.9 Å². The number of para-hydroxylation sites is 1. The van der Waals surface area contributed by atoms with Crippen molar-refractivity contribution >= 4 is 27.5 Å². The van der Waals surface area contributed by atoms with Gasteiger partial charge in [-0.3, -0.25) is 14.0 Å². The molecule has 1 saturated heterocycles. The van der Waals surface area contributed by atoms with E-state index in [4.69, 9.17) is 19.4 Å². The molecule has 0 bridgehead atoms. The fourth-order valence-corrected chi connectivity index (χ4v) is 5.23. The Hall–Kier alpha value is -4.57. The van der Waals surface area contributed by atoms with Crippen LogP contribution in [0.2, 0.25) is 0 Å². The zero-order valence-corrected chi connectivity index (χ0v) is 21.7. The topological polar surface area (TPSA) is 101 Å². The number of ether oxygens (including phenoxy) is 2. The summed E-state index contributed by atoms with van der Waals surface area (Å²) in [6, 6.07) is 15.4. The van der Waals surface area contributed by atoms with Gasteiger partial charge in [0.25, 0.3) is 5.56 Å². The first-order chi connectivity index (χ1) is 19.0. The Kier molecular flexibility index (Phi) is 5.62. The molecule has 0 aliphatic carbocycles. The Morgan fingerprint density at radius 2 is 1.97 bits per heavy atom. The Labute approximate surface area is 223 Å². The van der Waals surface area contributed by atoms with Gasteiger partial charge in [-0.1, -0.05) is 18.2 Å². The molecule has 0 radical (unpaired) electrons. The fraction of sp³-hybridized carbons (Fsp3) is 0.276. The van der Waals surface area contributed by atoms with Crippen molar-refractivity contribution < 1.29 is 9.47 Å². The average Bonchev–Trinajstić information content (AvgIpc) is 3.71. The van der Waals surface area contributed by atoms with E-state index in [9.17, 15) is 4.79 Å². The van der Waals surface area contributed by atoms with Crippen molar-refractivity contribution in [3.8, 4) is 17.0 Å². The lowest BCUT2D eigenvalue weighted by atomic mass is 10.1. The zero-order chi connectivity index (χ0) is 26.5. The Bertz CT molecular complexity index is 1910. The molecule has 10 heteroatoms. The summed E-state index contributed by atoms with van der Waals surface area (Å²) < 4.78 is 17.1. The van der Waals surface area contributed by atoms with Crippen LogP contribution in [0.4, 0.5) is 0 Å². The highest BCUT2D eigenvalue weighted by atomic mass is 16.5. The van der Waals surface area contributed by atoms with Crippen LogP contribution >= 0.6 is 0 Å². The van der Waals surface area contributed by atoms with Crippen molar-refractivity contribution in [3.63, 3.8) is 0 Å². The standard InChI is InChI=1S/C29H27N7O3/c1-18-11-27-35(29(37)22-5-3-4-6-25(22)36(27)33-18)15-26-31-24-8-7-20(21-13-30-34(2)14-21)12-23(24)28(32-26)39-17-19-9-10-38-16-19/h3-8,11-14,19H,9-10,15-17H2,1-2H3. The summed E-state index contributed by atoms with van der Waals surface area (Å²) in [6.07, 6.45) is 4.76. The second kappa shape index (κ2) is 9.32. The van der Waals surface area contributed by atoms with Gasteiger partial charge in [0.05, 0.1) is 53.5 Å². The maximum Gasteiger partial charge on any atom is 0.262 e. The monoisotopic (exact) mass is 521 g/mol. The van der Waals surface area contributed by atoms with E-state index in [1.165, 1.54) is 0 Å². The minimum absolute atomic E-state index is 0.112. The van der Waals surface area contributed by atoms with Gasteiger partial charge in [0, 0.05) is 37.4 Å². The van der Waals surface area contributed by atoms with Gasteiger partial charge in [0.1, 0.15) is 5.65 Å². The third kappa shape index (κ3) is 4.22. The lowest BCUT2D eigenvalue weighted by Gasteiger charge is -2.15. The molecular weight excluding hydrogens is 494 g/mol. The van der Waals surface area contributed by atoms with Crippen molar-refractivity contribution in [2.75, 3.05) is 19.8 Å². The second-order valence-electron chi connectivity index (χ2n) is 10.1. The highest BCUT2D eigenvalue weighted by Gasteiger charge is 2.20. The van der Waals surface area contributed by atoms with Crippen LogP contribution < -0.4 is 10.3 Å². The molecule has 0 N–H and O–H groups in total. The van der Waals surface area contributed by atoms with Gasteiger partial charge >= 0.3 is 0 Å². The minimum atomic E-state index is -0.112. The van der Waals surface area contributed by atoms with Gasteiger partial charge < -0.3 is 9.47 Å². The maximum absolute atomic E-state index is 13.6. The Balaban J connectivity index is 1.35. The molecule has 0 spiro atoms. The third-order valence-corrected chi connectivity index (χ3v) is 7.22. The summed E-state index contributed by atoms with van der Waals surface area (Å²) >= 11 is 0. The van der Waals surface area contributed by atoms with E-state index in [-0.39, 0.29) is 12.1 Å². The summed E-state index contributed by atoms with van der Waals surface area (Å²) in [5, 5.41) is 10.3. The van der Waals surface area contributed by atoms with E-state index < -0.39 is 0 Å². The molecule has 0 saturated carbocycles. The Morgan fingerprint density at radius 1 is 1.08 bits per heavy atom. The molecule has 0 amide bonds. The first-order valence-corrected chi connectivity index (χ1v) is 13.0. The van der Waals surface area contributed by atoms with Gasteiger partial charge in [-0.15, -0.1) is 0 Å². The van der Waals surface area contributed by atoms with Crippen LogP contribution in [-0.4, -0.2) is 53.8 Å². The summed E-state index contributed by atoms with van der Waals surface area (Å²) in [5.41, 5.74) is 4.93. The van der Waals surface area contributed by atoms with Gasteiger partial charge in [-0.25, -0.2) is 9.50 Å². The number of aromatic nitrogens is 7. The van der Waals surface area contributed by atoms with Crippen LogP contribution in [0.5, 0.6) is 5.88 Å². The van der Waals surface area contributed by atoms with Crippen LogP contribution in [0.25, 0.3) is 38.6 Å². The number of hydrogen-bond acceptors (Lipinski definition) is 7. The van der Waals surface area contributed by atoms with E-state index in [1.54, 1.807) is 9.25 Å². The van der Waals surface area contributed by atoms with E-state index in [0.717, 1.165) is 46.3 Å². The highest BCUT2D eigenvalue weighted by molar-refractivity contribution is 5.88. The predicted molar refractivity (Wildman–Crippen MR) is 147 cm³/mol. The van der Waals surface area contributed by atoms with Crippen LogP contribution in [0.15, 0.2) is 65.7 Å². The van der Waals surface area contributed by atoms with Crippen molar-refractivity contribution in [1.29, 1.82) is 0 Å². The number of benzene rings is 2. The van der Waals surface area contributed by atoms with E-state index in [1.807, 2.05) is 79.4 Å². The van der Waals surface area contributed by atoms with Crippen LogP contribution in [0.1, 0.15) is 17.9 Å². The quantitative estimate of drug-likeness (QED) is 0.329. The molecule has 1 unspecified atom stereocenters. The first-order valence-electron chi connectivity index (χ1n) is 13.0. The lowest BCUT2D eigenvalue weighted by molar-refractivity contribution is 0.166. The summed E-state index contributed by atoms with van der Waals surface area (Å²) in [6.45, 7) is 4.04. The summed E-state index contributed by atoms with van der Waals surface area (Å²) in [5.74, 6) is 1.31. The predicted octanol–water partition coefficient (Wildman–Crippen LogP) is 3.76. The molecule has 1 atom stereocenters. The van der Waals surface area contributed by atoms with Crippen LogP contribution in [0, 0.1) is 12.8 Å². The normalized spacial score (nSPS) is 15.6. The second-order valence-corrected chi connectivity index (χ2v) is 10.1. The number of aryl methyl sites for hydroxylation is 2. The summed E-state index contributed by atoms with van der Waals surface area (Å²) in [4.78, 5) is 23.3. The molecule has 6 aromatic rings. The molecule has 2 aromatic carbocycles. The molecule has 39 heavy (non-hydrogen) atoms. The van der Waals surface area contributed by atoms with Gasteiger partial charge in [-0.05, 0) is 43.2 Å². The zero-order valence-electron chi connectivity index (χ0n) is 21.7. The van der Waals surface area contributed by atoms with E-state index in [0.29, 0.717) is 41.9 Å². The Morgan fingerprint density at radius 3 is 2.79 bits per heavy atom. The van der Waals surface area contributed by atoms with Crippen molar-refractivity contribution in [3.05, 3.63) is 82.8 Å². The van der Waals surface area contributed by atoms with Crippen molar-refractivity contribution in [2.24, 2.45) is 13.0 Å². The number of nitrogens with zero attached hydrogens (tertiary/aromatic N) is 7. The molecular formula is C29H27N7O3. The number of fused-ring (bicyclic) bond motifs is 4. The first kappa shape index (κ1) is 23.5.